The van der Waals surface area contributed by atoms with Crippen molar-refractivity contribution < 1.29 is 14.3 Å². The molecule has 0 amide bonds. The van der Waals surface area contributed by atoms with Gasteiger partial charge < -0.3 is 15.2 Å². The average Bonchev–Trinajstić information content (AvgIpc) is 2.24. The molecule has 0 unspecified atom stereocenters. The molecular weight excluding hydrogens is 232 g/mol. The third kappa shape index (κ3) is 5.14. The number of nitrogens with two attached hydrogens (primary N) is 1. The van der Waals surface area contributed by atoms with E-state index in [0.717, 1.165) is 0 Å². The van der Waals surface area contributed by atoms with E-state index in [2.05, 4.69) is 4.98 Å². The molecular formula is C13H20N2O3. The molecule has 1 heterocycles. The molecule has 0 saturated carbocycles. The molecule has 5 heteroatoms. The summed E-state index contributed by atoms with van der Waals surface area (Å²) >= 11 is 0. The largest absolute Gasteiger partial charge is 0.476 e. The highest BCUT2D eigenvalue weighted by atomic mass is 16.6. The van der Waals surface area contributed by atoms with Crippen molar-refractivity contribution in [2.24, 2.45) is 5.73 Å². The highest BCUT2D eigenvalue weighted by Crippen LogP contribution is 2.13. The summed E-state index contributed by atoms with van der Waals surface area (Å²) in [5.41, 5.74) is 5.27. The third-order valence-corrected chi connectivity index (χ3v) is 1.83. The minimum atomic E-state index is -0.540. The van der Waals surface area contributed by atoms with Crippen molar-refractivity contribution in [3.63, 3.8) is 0 Å². The van der Waals surface area contributed by atoms with Crippen LogP contribution in [-0.4, -0.2) is 29.2 Å². The summed E-state index contributed by atoms with van der Waals surface area (Å²) in [6.07, 6.45) is 0. The van der Waals surface area contributed by atoms with Crippen LogP contribution in [0.15, 0.2) is 18.2 Å². The fourth-order valence-corrected chi connectivity index (χ4v) is 1.16. The highest BCUT2D eigenvalue weighted by molar-refractivity contribution is 5.87. The molecule has 2 N–H and O–H groups in total. The average molecular weight is 252 g/mol. The number of carbonyl (C=O) groups is 1. The van der Waals surface area contributed by atoms with Crippen molar-refractivity contribution in [3.8, 4) is 5.88 Å². The Kier molecular flexibility index (Phi) is 4.67. The van der Waals surface area contributed by atoms with Crippen molar-refractivity contribution in [3.05, 3.63) is 23.9 Å². The van der Waals surface area contributed by atoms with Gasteiger partial charge in [0.2, 0.25) is 5.88 Å². The van der Waals surface area contributed by atoms with Gasteiger partial charge in [0.15, 0.2) is 5.69 Å². The summed E-state index contributed by atoms with van der Waals surface area (Å²) in [6, 6.07) is 4.88. The summed E-state index contributed by atoms with van der Waals surface area (Å²) in [5.74, 6) is -0.0931. The SMILES string of the molecule is C[C@@H](N)COc1cccc(C(=O)OC(C)(C)C)n1. The van der Waals surface area contributed by atoms with Gasteiger partial charge in [-0.1, -0.05) is 6.07 Å². The molecule has 0 aliphatic rings. The lowest BCUT2D eigenvalue weighted by Crippen LogP contribution is -2.25. The van der Waals surface area contributed by atoms with Gasteiger partial charge in [-0.25, -0.2) is 9.78 Å². The fraction of sp³-hybridized carbons (Fsp3) is 0.538. The summed E-state index contributed by atoms with van der Waals surface area (Å²) < 4.78 is 10.6. The Morgan fingerprint density at radius 2 is 2.11 bits per heavy atom. The lowest BCUT2D eigenvalue weighted by Gasteiger charge is -2.19. The molecule has 18 heavy (non-hydrogen) atoms. The Morgan fingerprint density at radius 1 is 1.44 bits per heavy atom. The molecule has 1 aromatic rings. The third-order valence-electron chi connectivity index (χ3n) is 1.83. The second kappa shape index (κ2) is 5.82. The number of ether oxygens (including phenoxy) is 2. The Bertz CT molecular complexity index is 411. The first-order valence-electron chi connectivity index (χ1n) is 5.87. The van der Waals surface area contributed by atoms with E-state index in [0.29, 0.717) is 12.5 Å². The Balaban J connectivity index is 2.72. The molecule has 0 aliphatic heterocycles. The predicted molar refractivity (Wildman–Crippen MR) is 68.5 cm³/mol. The number of pyridine rings is 1. The summed E-state index contributed by atoms with van der Waals surface area (Å²) in [7, 11) is 0. The van der Waals surface area contributed by atoms with Gasteiger partial charge in [-0.05, 0) is 33.8 Å². The second-order valence-corrected chi connectivity index (χ2v) is 5.15. The molecule has 0 aromatic carbocycles. The standard InChI is InChI=1S/C13H20N2O3/c1-9(14)8-17-11-7-5-6-10(15-11)12(16)18-13(2,3)4/h5-7,9H,8,14H2,1-4H3/t9-/m1/s1. The van der Waals surface area contributed by atoms with E-state index < -0.39 is 11.6 Å². The molecule has 0 aliphatic carbocycles. The lowest BCUT2D eigenvalue weighted by molar-refractivity contribution is 0.00618. The van der Waals surface area contributed by atoms with Crippen molar-refractivity contribution in [2.75, 3.05) is 6.61 Å². The van der Waals surface area contributed by atoms with E-state index in [4.69, 9.17) is 15.2 Å². The summed E-state index contributed by atoms with van der Waals surface area (Å²) in [5, 5.41) is 0. The van der Waals surface area contributed by atoms with Crippen LogP contribution in [0.25, 0.3) is 0 Å². The highest BCUT2D eigenvalue weighted by Gasteiger charge is 2.19. The first-order chi connectivity index (χ1) is 8.28. The maximum absolute atomic E-state index is 11.8. The topological polar surface area (TPSA) is 74.4 Å². The fourth-order valence-electron chi connectivity index (χ4n) is 1.16. The second-order valence-electron chi connectivity index (χ2n) is 5.15. The van der Waals surface area contributed by atoms with Crippen LogP contribution in [0.5, 0.6) is 5.88 Å². The minimum absolute atomic E-state index is 0.0861. The molecule has 0 bridgehead atoms. The number of esters is 1. The molecule has 5 nitrogen and oxygen atoms in total. The Hall–Kier alpha value is -1.62. The number of nitrogens with zero attached hydrogens (tertiary/aromatic N) is 1. The summed E-state index contributed by atoms with van der Waals surface area (Å²) in [6.45, 7) is 7.60. The van der Waals surface area contributed by atoms with Crippen molar-refractivity contribution in [2.45, 2.75) is 39.3 Å². The van der Waals surface area contributed by atoms with Gasteiger partial charge in [0, 0.05) is 12.1 Å². The summed E-state index contributed by atoms with van der Waals surface area (Å²) in [4.78, 5) is 15.9. The zero-order valence-electron chi connectivity index (χ0n) is 11.3. The Labute approximate surface area is 107 Å². The normalized spacial score (nSPS) is 12.9. The first kappa shape index (κ1) is 14.4. The molecule has 0 spiro atoms. The van der Waals surface area contributed by atoms with Gasteiger partial charge in [-0.3, -0.25) is 0 Å². The van der Waals surface area contributed by atoms with Crippen molar-refractivity contribution in [1.29, 1.82) is 0 Å². The number of rotatable bonds is 4. The van der Waals surface area contributed by atoms with E-state index in [9.17, 15) is 4.79 Å². The van der Waals surface area contributed by atoms with E-state index in [1.807, 2.05) is 6.92 Å². The van der Waals surface area contributed by atoms with Crippen LogP contribution in [0.4, 0.5) is 0 Å². The van der Waals surface area contributed by atoms with E-state index in [1.165, 1.54) is 0 Å². The number of aromatic nitrogens is 1. The first-order valence-corrected chi connectivity index (χ1v) is 5.87. The maximum Gasteiger partial charge on any atom is 0.357 e. The van der Waals surface area contributed by atoms with Gasteiger partial charge >= 0.3 is 5.97 Å². The van der Waals surface area contributed by atoms with Gasteiger partial charge in [0.05, 0.1) is 0 Å². The number of carbonyl (C=O) groups excluding carboxylic acids is 1. The minimum Gasteiger partial charge on any atom is -0.476 e. The molecule has 1 aromatic heterocycles. The molecule has 100 valence electrons. The van der Waals surface area contributed by atoms with E-state index in [1.54, 1.807) is 39.0 Å². The maximum atomic E-state index is 11.8. The monoisotopic (exact) mass is 252 g/mol. The van der Waals surface area contributed by atoms with Crippen LogP contribution in [0.1, 0.15) is 38.2 Å². The lowest BCUT2D eigenvalue weighted by atomic mass is 10.2. The number of hydrogen-bond acceptors (Lipinski definition) is 5. The van der Waals surface area contributed by atoms with Gasteiger partial charge in [0.1, 0.15) is 12.2 Å². The van der Waals surface area contributed by atoms with Crippen molar-refractivity contribution >= 4 is 5.97 Å². The number of hydrogen-bond donors (Lipinski definition) is 1. The smallest absolute Gasteiger partial charge is 0.357 e. The van der Waals surface area contributed by atoms with Gasteiger partial charge in [0.25, 0.3) is 0 Å². The van der Waals surface area contributed by atoms with Crippen molar-refractivity contribution in [1.82, 2.24) is 4.98 Å². The molecule has 1 atom stereocenters. The predicted octanol–water partition coefficient (Wildman–Crippen LogP) is 1.76. The zero-order chi connectivity index (χ0) is 13.8. The Morgan fingerprint density at radius 3 is 2.67 bits per heavy atom. The van der Waals surface area contributed by atoms with Crippen LogP contribution in [0, 0.1) is 0 Å². The molecule has 0 fully saturated rings. The molecule has 0 radical (unpaired) electrons. The quantitative estimate of drug-likeness (QED) is 0.826. The van der Waals surface area contributed by atoms with E-state index in [-0.39, 0.29) is 11.7 Å². The zero-order valence-corrected chi connectivity index (χ0v) is 11.3. The van der Waals surface area contributed by atoms with Crippen LogP contribution in [-0.2, 0) is 4.74 Å². The van der Waals surface area contributed by atoms with Crippen LogP contribution in [0.3, 0.4) is 0 Å². The van der Waals surface area contributed by atoms with Crippen LogP contribution < -0.4 is 10.5 Å². The van der Waals surface area contributed by atoms with E-state index >= 15 is 0 Å². The molecule has 0 saturated heterocycles. The molecule has 1 rings (SSSR count). The van der Waals surface area contributed by atoms with Gasteiger partial charge in [-0.2, -0.15) is 0 Å². The van der Waals surface area contributed by atoms with Crippen LogP contribution >= 0.6 is 0 Å². The van der Waals surface area contributed by atoms with Crippen LogP contribution in [0.2, 0.25) is 0 Å². The van der Waals surface area contributed by atoms with Gasteiger partial charge in [-0.15, -0.1) is 0 Å².